The minimum absolute atomic E-state index is 0.0174. The van der Waals surface area contributed by atoms with Gasteiger partial charge >= 0.3 is 17.2 Å². The van der Waals surface area contributed by atoms with Crippen LogP contribution in [-0.2, 0) is 6.54 Å². The lowest BCUT2D eigenvalue weighted by Crippen LogP contribution is -2.55. The van der Waals surface area contributed by atoms with Crippen molar-refractivity contribution in [2.24, 2.45) is 0 Å². The fourth-order valence-electron chi connectivity index (χ4n) is 4.20. The van der Waals surface area contributed by atoms with Crippen molar-refractivity contribution < 1.29 is 19.9 Å². The molecule has 0 saturated carbocycles. The van der Waals surface area contributed by atoms with Crippen LogP contribution in [0.25, 0.3) is 0 Å². The number of piperazine rings is 1. The number of imidazole rings is 1. The van der Waals surface area contributed by atoms with E-state index < -0.39 is 16.6 Å². The maximum atomic E-state index is 11.0. The molecular weight excluding hydrogens is 404 g/mol. The number of aliphatic hydroxyl groups is 1. The van der Waals surface area contributed by atoms with E-state index in [1.807, 2.05) is 0 Å². The quantitative estimate of drug-likeness (QED) is 0.504. The Morgan fingerprint density at radius 3 is 2.41 bits per heavy atom. The Labute approximate surface area is 173 Å². The van der Waals surface area contributed by atoms with Crippen LogP contribution in [0.4, 0.5) is 10.6 Å². The average Bonchev–Trinajstić information content (AvgIpc) is 3.02. The molecule has 3 rings (SSSR count). The molecule has 2 saturated heterocycles. The molecule has 2 fully saturated rings. The Kier molecular flexibility index (Phi) is 6.62. The van der Waals surface area contributed by atoms with Gasteiger partial charge in [-0.05, 0) is 54.4 Å². The normalized spacial score (nSPS) is 21.8. The Hall–Kier alpha value is -1.95. The van der Waals surface area contributed by atoms with Gasteiger partial charge in [0, 0.05) is 38.8 Å². The molecule has 2 aliphatic heterocycles. The summed E-state index contributed by atoms with van der Waals surface area (Å²) in [4.78, 5) is 30.9. The zero-order chi connectivity index (χ0) is 21.2. The molecule has 11 nitrogen and oxygen atoms in total. The number of nitrogens with zero attached hydrogens (tertiary/aromatic N) is 6. The van der Waals surface area contributed by atoms with Gasteiger partial charge in [-0.15, -0.1) is 0 Å². The highest BCUT2D eigenvalue weighted by atomic mass is 35.5. The maximum absolute atomic E-state index is 11.0. The molecule has 0 aliphatic carbocycles. The van der Waals surface area contributed by atoms with Crippen molar-refractivity contribution in [2.45, 2.75) is 38.0 Å². The molecule has 1 aromatic rings. The number of hydrogen-bond acceptors (Lipinski definition) is 7. The molecule has 1 unspecified atom stereocenters. The van der Waals surface area contributed by atoms with Crippen molar-refractivity contribution in [3.63, 3.8) is 0 Å². The van der Waals surface area contributed by atoms with E-state index in [1.165, 1.54) is 15.7 Å². The van der Waals surface area contributed by atoms with Crippen molar-refractivity contribution in [1.82, 2.24) is 24.3 Å². The Balaban J connectivity index is 1.47. The van der Waals surface area contributed by atoms with Crippen molar-refractivity contribution >= 4 is 23.5 Å². The summed E-state index contributed by atoms with van der Waals surface area (Å²) in [6, 6.07) is 0.429. The third-order valence-corrected chi connectivity index (χ3v) is 5.94. The van der Waals surface area contributed by atoms with Crippen LogP contribution in [0, 0.1) is 10.1 Å². The molecule has 1 atom stereocenters. The second kappa shape index (κ2) is 8.82. The minimum atomic E-state index is -1.11. The largest absolute Gasteiger partial charge is 0.465 e. The van der Waals surface area contributed by atoms with Crippen LogP contribution in [0.5, 0.6) is 0 Å². The number of hydrogen-bond donors (Lipinski definition) is 2. The number of β-amino-alcohol motifs (C(OH)–C–C–N with tert-alkyl or cyclic N) is 1. The molecule has 2 aliphatic rings. The first kappa shape index (κ1) is 21.8. The number of rotatable bonds is 6. The van der Waals surface area contributed by atoms with Crippen LogP contribution in [0.2, 0.25) is 5.28 Å². The van der Waals surface area contributed by atoms with Crippen molar-refractivity contribution in [3.05, 3.63) is 21.6 Å². The Morgan fingerprint density at radius 2 is 1.90 bits per heavy atom. The number of piperidine rings is 1. The number of halogens is 1. The highest BCUT2D eigenvalue weighted by Gasteiger charge is 2.32. The van der Waals surface area contributed by atoms with Crippen molar-refractivity contribution in [3.8, 4) is 0 Å². The molecule has 162 valence electrons. The molecule has 29 heavy (non-hydrogen) atoms. The average molecular weight is 431 g/mol. The van der Waals surface area contributed by atoms with Gasteiger partial charge in [-0.3, -0.25) is 9.47 Å². The molecular formula is C17H27ClN6O5. The number of carbonyl (C=O) groups is 1. The van der Waals surface area contributed by atoms with Gasteiger partial charge in [-0.1, -0.05) is 0 Å². The van der Waals surface area contributed by atoms with E-state index in [0.717, 1.165) is 39.0 Å². The second-order valence-corrected chi connectivity index (χ2v) is 8.40. The summed E-state index contributed by atoms with van der Waals surface area (Å²) in [6.45, 7) is 6.49. The standard InChI is InChI=1S/C17H27ClN6O5/c1-17(27,12-23-10-14(24(28)29)19-15(23)18)11-20-4-2-13(3-5-20)21-6-8-22(9-7-21)16(25)26/h10,13,27H,2-9,11-12H2,1H3,(H,25,26). The summed E-state index contributed by atoms with van der Waals surface area (Å²) >= 11 is 5.95. The molecule has 12 heteroatoms. The van der Waals surface area contributed by atoms with Crippen LogP contribution in [0.15, 0.2) is 6.20 Å². The first-order valence-corrected chi connectivity index (χ1v) is 10.1. The van der Waals surface area contributed by atoms with Crippen molar-refractivity contribution in [1.29, 1.82) is 0 Å². The van der Waals surface area contributed by atoms with Gasteiger partial charge in [-0.25, -0.2) is 4.79 Å². The smallest absolute Gasteiger partial charge is 0.407 e. The van der Waals surface area contributed by atoms with Crippen LogP contribution in [0.1, 0.15) is 19.8 Å². The third kappa shape index (κ3) is 5.56. The molecule has 1 aromatic heterocycles. The summed E-state index contributed by atoms with van der Waals surface area (Å²) in [6.07, 6.45) is 2.30. The molecule has 0 aromatic carbocycles. The SMILES string of the molecule is CC(O)(CN1CCC(N2CCN(C(=O)O)CC2)CC1)Cn1cc([N+](=O)[O-])nc1Cl. The van der Waals surface area contributed by atoms with Crippen LogP contribution in [0.3, 0.4) is 0 Å². The lowest BCUT2D eigenvalue weighted by Gasteiger charge is -2.43. The molecule has 0 spiro atoms. The molecule has 1 amide bonds. The zero-order valence-electron chi connectivity index (χ0n) is 16.4. The van der Waals surface area contributed by atoms with Gasteiger partial charge in [-0.2, -0.15) is 0 Å². The van der Waals surface area contributed by atoms with E-state index in [0.29, 0.717) is 25.7 Å². The maximum Gasteiger partial charge on any atom is 0.407 e. The highest BCUT2D eigenvalue weighted by molar-refractivity contribution is 6.28. The topological polar surface area (TPSA) is 128 Å². The van der Waals surface area contributed by atoms with E-state index >= 15 is 0 Å². The molecule has 2 N–H and O–H groups in total. The summed E-state index contributed by atoms with van der Waals surface area (Å²) in [7, 11) is 0. The number of carboxylic acid groups (broad SMARTS) is 1. The van der Waals surface area contributed by atoms with Gasteiger partial charge < -0.3 is 30.1 Å². The zero-order valence-corrected chi connectivity index (χ0v) is 17.2. The number of nitro groups is 1. The van der Waals surface area contributed by atoms with Gasteiger partial charge in [0.2, 0.25) is 0 Å². The van der Waals surface area contributed by atoms with Gasteiger partial charge in [0.1, 0.15) is 6.20 Å². The second-order valence-electron chi connectivity index (χ2n) is 8.06. The lowest BCUT2D eigenvalue weighted by molar-refractivity contribution is -0.389. The van der Waals surface area contributed by atoms with Gasteiger partial charge in [0.05, 0.1) is 12.1 Å². The summed E-state index contributed by atoms with van der Waals surface area (Å²) in [5.41, 5.74) is -1.11. The minimum Gasteiger partial charge on any atom is -0.465 e. The van der Waals surface area contributed by atoms with Crippen LogP contribution in [-0.4, -0.2) is 103 Å². The van der Waals surface area contributed by atoms with E-state index in [-0.39, 0.29) is 17.6 Å². The molecule has 0 radical (unpaired) electrons. The van der Waals surface area contributed by atoms with E-state index in [4.69, 9.17) is 16.7 Å². The lowest BCUT2D eigenvalue weighted by atomic mass is 9.99. The molecule has 3 heterocycles. The van der Waals surface area contributed by atoms with E-state index in [1.54, 1.807) is 6.92 Å². The van der Waals surface area contributed by atoms with E-state index in [9.17, 15) is 20.0 Å². The first-order valence-electron chi connectivity index (χ1n) is 9.68. The highest BCUT2D eigenvalue weighted by Crippen LogP contribution is 2.23. The van der Waals surface area contributed by atoms with E-state index in [2.05, 4.69) is 14.8 Å². The summed E-state index contributed by atoms with van der Waals surface area (Å²) in [5.74, 6) is -0.338. The van der Waals surface area contributed by atoms with Crippen molar-refractivity contribution in [2.75, 3.05) is 45.8 Å². The first-order chi connectivity index (χ1) is 13.6. The van der Waals surface area contributed by atoms with Gasteiger partial charge in [0.25, 0.3) is 0 Å². The third-order valence-electron chi connectivity index (χ3n) is 5.64. The predicted molar refractivity (Wildman–Crippen MR) is 105 cm³/mol. The summed E-state index contributed by atoms with van der Waals surface area (Å²) in [5, 5.41) is 30.7. The number of likely N-dealkylation sites (tertiary alicyclic amines) is 1. The Morgan fingerprint density at radius 1 is 1.28 bits per heavy atom. The fourth-order valence-corrected chi connectivity index (χ4v) is 4.39. The molecule has 0 bridgehead atoms. The number of amides is 1. The number of aromatic nitrogens is 2. The Bertz CT molecular complexity index is 741. The fraction of sp³-hybridized carbons (Fsp3) is 0.765. The summed E-state index contributed by atoms with van der Waals surface area (Å²) < 4.78 is 1.40. The van der Waals surface area contributed by atoms with Crippen LogP contribution < -0.4 is 0 Å². The monoisotopic (exact) mass is 430 g/mol. The predicted octanol–water partition coefficient (Wildman–Crippen LogP) is 0.956. The van der Waals surface area contributed by atoms with Gasteiger partial charge in [0.15, 0.2) is 0 Å². The van der Waals surface area contributed by atoms with Crippen LogP contribution >= 0.6 is 11.6 Å².